The van der Waals surface area contributed by atoms with Crippen LogP contribution in [0.4, 0.5) is 5.69 Å². The van der Waals surface area contributed by atoms with E-state index in [4.69, 9.17) is 4.74 Å². The maximum Gasteiger partial charge on any atom is 0.271 e. The number of anilines is 1. The molecule has 1 amide bonds. The minimum absolute atomic E-state index is 0.0105. The molecule has 2 aromatic heterocycles. The number of fused-ring (bicyclic) bond motifs is 4. The molecule has 0 unspecified atom stereocenters. The summed E-state index contributed by atoms with van der Waals surface area (Å²) >= 11 is 0. The van der Waals surface area contributed by atoms with Gasteiger partial charge >= 0.3 is 0 Å². The molecular weight excluding hydrogens is 414 g/mol. The second kappa shape index (κ2) is 7.55. The van der Waals surface area contributed by atoms with Crippen molar-refractivity contribution in [3.63, 3.8) is 0 Å². The van der Waals surface area contributed by atoms with Crippen LogP contribution in [0.2, 0.25) is 0 Å². The monoisotopic (exact) mass is 439 g/mol. The predicted octanol–water partition coefficient (Wildman–Crippen LogP) is 4.43. The van der Waals surface area contributed by atoms with Gasteiger partial charge in [-0.15, -0.1) is 0 Å². The van der Waals surface area contributed by atoms with Crippen molar-refractivity contribution in [2.24, 2.45) is 0 Å². The number of rotatable bonds is 3. The van der Waals surface area contributed by atoms with Crippen molar-refractivity contribution in [1.29, 1.82) is 0 Å². The fraction of sp³-hybridized carbons (Fsp3) is 0.231. The Kier molecular flexibility index (Phi) is 4.50. The van der Waals surface area contributed by atoms with E-state index in [9.17, 15) is 4.79 Å². The van der Waals surface area contributed by atoms with Crippen LogP contribution in [0.5, 0.6) is 5.75 Å². The molecule has 4 aromatic rings. The Hall–Kier alpha value is -4.00. The van der Waals surface area contributed by atoms with Crippen LogP contribution in [-0.2, 0) is 5.54 Å². The number of benzene rings is 2. The summed E-state index contributed by atoms with van der Waals surface area (Å²) in [7, 11) is 1.64. The minimum Gasteiger partial charge on any atom is -0.497 e. The molecule has 7 nitrogen and oxygen atoms in total. The zero-order valence-electron chi connectivity index (χ0n) is 18.4. The standard InChI is InChI=1S/C26H25N5O2/c1-33-19-10-8-18(9-11-19)21-17-22(29-28-21)25(32)30-15-12-26(13-16-30)24-7-4-14-31(24)23-6-3-2-5-20(23)27-26/h2-11,14,17,27H,12-13,15-16H2,1H3,(H,28,29). The van der Waals surface area contributed by atoms with Gasteiger partial charge in [0.25, 0.3) is 5.91 Å². The third-order valence-electron chi connectivity index (χ3n) is 6.87. The van der Waals surface area contributed by atoms with Gasteiger partial charge in [-0.1, -0.05) is 12.1 Å². The highest BCUT2D eigenvalue weighted by Gasteiger charge is 2.42. The number of aromatic amines is 1. The zero-order chi connectivity index (χ0) is 22.4. The van der Waals surface area contributed by atoms with Crippen molar-refractivity contribution in [2.75, 3.05) is 25.5 Å². The number of nitrogens with one attached hydrogen (secondary N) is 2. The number of likely N-dealkylation sites (tertiary alicyclic amines) is 1. The molecule has 1 saturated heterocycles. The lowest BCUT2D eigenvalue weighted by Gasteiger charge is -2.46. The number of carbonyl (C=O) groups excluding carboxylic acids is 1. The number of ether oxygens (including phenoxy) is 1. The van der Waals surface area contributed by atoms with Gasteiger partial charge in [-0.05, 0) is 67.4 Å². The third-order valence-corrected chi connectivity index (χ3v) is 6.87. The van der Waals surface area contributed by atoms with Crippen molar-refractivity contribution in [3.8, 4) is 22.7 Å². The molecule has 4 heterocycles. The summed E-state index contributed by atoms with van der Waals surface area (Å²) in [4.78, 5) is 15.1. The Balaban J connectivity index is 1.19. The van der Waals surface area contributed by atoms with Gasteiger partial charge in [0.05, 0.1) is 29.7 Å². The minimum atomic E-state index is -0.170. The number of hydrogen-bond acceptors (Lipinski definition) is 4. The van der Waals surface area contributed by atoms with Crippen molar-refractivity contribution < 1.29 is 9.53 Å². The van der Waals surface area contributed by atoms with Gasteiger partial charge < -0.3 is 19.5 Å². The highest BCUT2D eigenvalue weighted by atomic mass is 16.5. The van der Waals surface area contributed by atoms with Gasteiger partial charge in [0.1, 0.15) is 11.4 Å². The molecule has 1 spiro atoms. The maximum absolute atomic E-state index is 13.2. The summed E-state index contributed by atoms with van der Waals surface area (Å²) in [5.41, 5.74) is 5.60. The number of aromatic nitrogens is 3. The molecule has 166 valence electrons. The first-order valence-electron chi connectivity index (χ1n) is 11.2. The van der Waals surface area contributed by atoms with Crippen LogP contribution >= 0.6 is 0 Å². The molecule has 33 heavy (non-hydrogen) atoms. The van der Waals surface area contributed by atoms with Crippen molar-refractivity contribution in [2.45, 2.75) is 18.4 Å². The summed E-state index contributed by atoms with van der Waals surface area (Å²) in [5, 5.41) is 11.1. The second-order valence-corrected chi connectivity index (χ2v) is 8.68. The van der Waals surface area contributed by atoms with Crippen LogP contribution < -0.4 is 10.1 Å². The Bertz CT molecular complexity index is 1310. The third kappa shape index (κ3) is 3.19. The molecule has 7 heteroatoms. The number of carbonyl (C=O) groups is 1. The van der Waals surface area contributed by atoms with Gasteiger partial charge in [0.15, 0.2) is 0 Å². The van der Waals surface area contributed by atoms with Gasteiger partial charge in [-0.25, -0.2) is 0 Å². The topological polar surface area (TPSA) is 75.2 Å². The van der Waals surface area contributed by atoms with E-state index in [1.807, 2.05) is 35.2 Å². The fourth-order valence-electron chi connectivity index (χ4n) is 5.08. The highest BCUT2D eigenvalue weighted by Crippen LogP contribution is 2.43. The lowest BCUT2D eigenvalue weighted by atomic mass is 9.82. The lowest BCUT2D eigenvalue weighted by molar-refractivity contribution is 0.0670. The number of amides is 1. The van der Waals surface area contributed by atoms with E-state index in [1.54, 1.807) is 7.11 Å². The van der Waals surface area contributed by atoms with Crippen molar-refractivity contribution in [3.05, 3.63) is 84.3 Å². The predicted molar refractivity (Wildman–Crippen MR) is 127 cm³/mol. The van der Waals surface area contributed by atoms with E-state index in [0.29, 0.717) is 18.8 Å². The number of nitrogens with zero attached hydrogens (tertiary/aromatic N) is 3. The summed E-state index contributed by atoms with van der Waals surface area (Å²) in [6.45, 7) is 1.35. The summed E-state index contributed by atoms with van der Waals surface area (Å²) in [5.74, 6) is 0.779. The Morgan fingerprint density at radius 1 is 1.03 bits per heavy atom. The normalized spacial score (nSPS) is 16.1. The van der Waals surface area contributed by atoms with E-state index >= 15 is 0 Å². The lowest BCUT2D eigenvalue weighted by Crippen LogP contribution is -2.51. The Morgan fingerprint density at radius 2 is 1.82 bits per heavy atom. The first-order valence-corrected chi connectivity index (χ1v) is 11.2. The van der Waals surface area contributed by atoms with Gasteiger partial charge in [0.2, 0.25) is 0 Å². The molecule has 0 bridgehead atoms. The number of para-hydroxylation sites is 2. The number of hydrogen-bond donors (Lipinski definition) is 2. The van der Waals surface area contributed by atoms with E-state index in [1.165, 1.54) is 11.4 Å². The SMILES string of the molecule is COc1ccc(-c2cc(C(=O)N3CCC4(CC3)Nc3ccccc3-n3cccc34)[nH]n2)cc1. The average molecular weight is 440 g/mol. The van der Waals surface area contributed by atoms with Crippen molar-refractivity contribution >= 4 is 11.6 Å². The number of methoxy groups -OCH3 is 1. The van der Waals surface area contributed by atoms with E-state index in [-0.39, 0.29) is 11.4 Å². The van der Waals surface area contributed by atoms with E-state index < -0.39 is 0 Å². The summed E-state index contributed by atoms with van der Waals surface area (Å²) < 4.78 is 7.49. The first-order chi connectivity index (χ1) is 16.2. The molecule has 0 atom stereocenters. The molecule has 2 aliphatic rings. The largest absolute Gasteiger partial charge is 0.497 e. The van der Waals surface area contributed by atoms with Crippen molar-refractivity contribution in [1.82, 2.24) is 19.7 Å². The number of piperidine rings is 1. The number of H-pyrrole nitrogens is 1. The molecule has 0 aliphatic carbocycles. The summed E-state index contributed by atoms with van der Waals surface area (Å²) in [6, 6.07) is 22.2. The van der Waals surface area contributed by atoms with Gasteiger partial charge in [-0.3, -0.25) is 9.89 Å². The molecule has 0 radical (unpaired) electrons. The molecular formula is C26H25N5O2. The molecule has 0 saturated carbocycles. The quantitative estimate of drug-likeness (QED) is 0.495. The molecule has 2 N–H and O–H groups in total. The molecule has 2 aromatic carbocycles. The smallest absolute Gasteiger partial charge is 0.271 e. The fourth-order valence-corrected chi connectivity index (χ4v) is 5.08. The summed E-state index contributed by atoms with van der Waals surface area (Å²) in [6.07, 6.45) is 3.81. The molecule has 2 aliphatic heterocycles. The zero-order valence-corrected chi connectivity index (χ0v) is 18.4. The maximum atomic E-state index is 13.2. The van der Waals surface area contributed by atoms with Crippen LogP contribution in [-0.4, -0.2) is 45.8 Å². The van der Waals surface area contributed by atoms with Gasteiger partial charge in [0, 0.05) is 30.5 Å². The van der Waals surface area contributed by atoms with Crippen LogP contribution in [0.1, 0.15) is 29.0 Å². The van der Waals surface area contributed by atoms with E-state index in [2.05, 4.69) is 62.7 Å². The first kappa shape index (κ1) is 19.7. The van der Waals surface area contributed by atoms with E-state index in [0.717, 1.165) is 35.5 Å². The Labute approximate surface area is 192 Å². The van der Waals surface area contributed by atoms with Crippen LogP contribution in [0, 0.1) is 0 Å². The average Bonchev–Trinajstić information content (AvgIpc) is 3.56. The Morgan fingerprint density at radius 3 is 2.61 bits per heavy atom. The van der Waals surface area contributed by atoms with Crippen LogP contribution in [0.15, 0.2) is 72.9 Å². The second-order valence-electron chi connectivity index (χ2n) is 8.68. The van der Waals surface area contributed by atoms with Gasteiger partial charge in [-0.2, -0.15) is 5.10 Å². The molecule has 6 rings (SSSR count). The van der Waals surface area contributed by atoms with Crippen LogP contribution in [0.3, 0.4) is 0 Å². The molecule has 1 fully saturated rings. The van der Waals surface area contributed by atoms with Crippen LogP contribution in [0.25, 0.3) is 16.9 Å². The highest BCUT2D eigenvalue weighted by molar-refractivity contribution is 5.93.